The van der Waals surface area contributed by atoms with Crippen molar-refractivity contribution in [1.82, 2.24) is 4.98 Å². The highest BCUT2D eigenvalue weighted by Crippen LogP contribution is 2.26. The number of carbonyl (C=O) groups is 1. The van der Waals surface area contributed by atoms with Gasteiger partial charge in [0.05, 0.1) is 5.69 Å². The summed E-state index contributed by atoms with van der Waals surface area (Å²) in [6.07, 6.45) is -2.39. The molecule has 18 heavy (non-hydrogen) atoms. The largest absolute Gasteiger partial charge is 0.471 e. The van der Waals surface area contributed by atoms with Crippen LogP contribution in [0.1, 0.15) is 0 Å². The van der Waals surface area contributed by atoms with Gasteiger partial charge in [0.15, 0.2) is 0 Å². The summed E-state index contributed by atoms with van der Waals surface area (Å²) in [4.78, 5) is 14.5. The number of hydrogen-bond acceptors (Lipinski definition) is 2. The highest BCUT2D eigenvalue weighted by molar-refractivity contribution is 6.03. The van der Waals surface area contributed by atoms with Crippen LogP contribution in [0.3, 0.4) is 0 Å². The maximum absolute atomic E-state index is 13.2. The molecule has 1 aromatic heterocycles. The summed E-state index contributed by atoms with van der Waals surface area (Å²) in [6, 6.07) is 3.33. The highest BCUT2D eigenvalue weighted by atomic mass is 19.4. The number of rotatable bonds is 1. The summed E-state index contributed by atoms with van der Waals surface area (Å²) in [5.41, 5.74) is -0.241. The van der Waals surface area contributed by atoms with Gasteiger partial charge in [-0.15, -0.1) is 0 Å². The Labute approximate surface area is 98.4 Å². The zero-order valence-corrected chi connectivity index (χ0v) is 8.75. The van der Waals surface area contributed by atoms with Crippen molar-refractivity contribution in [3.05, 3.63) is 36.4 Å². The lowest BCUT2D eigenvalue weighted by molar-refractivity contribution is -0.167. The average Bonchev–Trinajstić information content (AvgIpc) is 2.27. The van der Waals surface area contributed by atoms with Crippen LogP contribution in [0.25, 0.3) is 10.8 Å². The van der Waals surface area contributed by atoms with Crippen molar-refractivity contribution in [1.29, 1.82) is 0 Å². The van der Waals surface area contributed by atoms with Crippen LogP contribution < -0.4 is 5.32 Å². The molecule has 3 nitrogen and oxygen atoms in total. The molecule has 94 valence electrons. The number of pyridine rings is 1. The van der Waals surface area contributed by atoms with E-state index in [0.717, 1.165) is 12.1 Å². The number of aromatic nitrogens is 1. The third kappa shape index (κ3) is 2.39. The Morgan fingerprint density at radius 1 is 1.28 bits per heavy atom. The molecule has 0 aliphatic carbocycles. The highest BCUT2D eigenvalue weighted by Gasteiger charge is 2.38. The zero-order chi connectivity index (χ0) is 13.3. The number of anilines is 1. The van der Waals surface area contributed by atoms with E-state index in [2.05, 4.69) is 4.98 Å². The van der Waals surface area contributed by atoms with Gasteiger partial charge in [0.25, 0.3) is 0 Å². The number of fused-ring (bicyclic) bond motifs is 1. The lowest BCUT2D eigenvalue weighted by Crippen LogP contribution is -2.30. The van der Waals surface area contributed by atoms with Gasteiger partial charge >= 0.3 is 12.1 Å². The second kappa shape index (κ2) is 4.25. The molecule has 0 radical (unpaired) electrons. The molecule has 0 atom stereocenters. The van der Waals surface area contributed by atoms with Crippen molar-refractivity contribution in [2.75, 3.05) is 5.32 Å². The molecular formula is C11H6F4N2O. The first-order valence-electron chi connectivity index (χ1n) is 4.79. The van der Waals surface area contributed by atoms with E-state index in [-0.39, 0.29) is 11.1 Å². The lowest BCUT2D eigenvalue weighted by Gasteiger charge is -2.10. The Balaban J connectivity index is 2.48. The molecule has 0 saturated carbocycles. The van der Waals surface area contributed by atoms with Gasteiger partial charge in [0.1, 0.15) is 5.82 Å². The molecule has 1 amide bonds. The van der Waals surface area contributed by atoms with E-state index >= 15 is 0 Å². The topological polar surface area (TPSA) is 42.0 Å². The number of benzene rings is 1. The van der Waals surface area contributed by atoms with Crippen molar-refractivity contribution in [2.45, 2.75) is 6.18 Å². The van der Waals surface area contributed by atoms with Gasteiger partial charge in [0.2, 0.25) is 0 Å². The van der Waals surface area contributed by atoms with Crippen LogP contribution >= 0.6 is 0 Å². The first-order chi connectivity index (χ1) is 8.38. The van der Waals surface area contributed by atoms with Crippen molar-refractivity contribution in [3.63, 3.8) is 0 Å². The third-order valence-corrected chi connectivity index (χ3v) is 2.22. The predicted molar refractivity (Wildman–Crippen MR) is 56.4 cm³/mol. The van der Waals surface area contributed by atoms with Gasteiger partial charge in [0, 0.05) is 23.2 Å². The van der Waals surface area contributed by atoms with Gasteiger partial charge in [-0.3, -0.25) is 9.78 Å². The fourth-order valence-corrected chi connectivity index (χ4v) is 1.47. The van der Waals surface area contributed by atoms with Crippen LogP contribution in [-0.2, 0) is 4.79 Å². The minimum absolute atomic E-state index is 0.241. The van der Waals surface area contributed by atoms with Crippen LogP contribution in [0.2, 0.25) is 0 Å². The second-order valence-corrected chi connectivity index (χ2v) is 3.50. The molecule has 7 heteroatoms. The van der Waals surface area contributed by atoms with Crippen LogP contribution in [0.5, 0.6) is 0 Å². The molecule has 2 rings (SSSR count). The third-order valence-electron chi connectivity index (χ3n) is 2.22. The molecule has 0 aliphatic heterocycles. The van der Waals surface area contributed by atoms with Crippen molar-refractivity contribution >= 4 is 22.4 Å². The van der Waals surface area contributed by atoms with Gasteiger partial charge in [-0.2, -0.15) is 13.2 Å². The molecule has 1 heterocycles. The van der Waals surface area contributed by atoms with Crippen LogP contribution in [-0.4, -0.2) is 17.1 Å². The second-order valence-electron chi connectivity index (χ2n) is 3.50. The zero-order valence-electron chi connectivity index (χ0n) is 8.75. The van der Waals surface area contributed by atoms with E-state index in [0.29, 0.717) is 5.39 Å². The predicted octanol–water partition coefficient (Wildman–Crippen LogP) is 2.87. The average molecular weight is 258 g/mol. The molecule has 2 aromatic rings. The molecule has 0 spiro atoms. The van der Waals surface area contributed by atoms with Gasteiger partial charge in [-0.05, 0) is 18.2 Å². The van der Waals surface area contributed by atoms with E-state index < -0.39 is 17.9 Å². The van der Waals surface area contributed by atoms with E-state index in [1.807, 2.05) is 0 Å². The fraction of sp³-hybridized carbons (Fsp3) is 0.0909. The molecule has 1 N–H and O–H groups in total. The van der Waals surface area contributed by atoms with Gasteiger partial charge in [-0.1, -0.05) is 0 Å². The summed E-state index contributed by atoms with van der Waals surface area (Å²) in [5, 5.41) is 2.22. The maximum atomic E-state index is 13.2. The quantitative estimate of drug-likeness (QED) is 0.799. The van der Waals surface area contributed by atoms with Crippen LogP contribution in [0, 0.1) is 5.82 Å². The summed E-state index contributed by atoms with van der Waals surface area (Å²) in [7, 11) is 0. The van der Waals surface area contributed by atoms with Crippen molar-refractivity contribution < 1.29 is 22.4 Å². The van der Waals surface area contributed by atoms with Gasteiger partial charge < -0.3 is 5.32 Å². The first-order valence-corrected chi connectivity index (χ1v) is 4.79. The van der Waals surface area contributed by atoms with E-state index in [1.54, 1.807) is 5.32 Å². The number of nitrogens with zero attached hydrogens (tertiary/aromatic N) is 1. The van der Waals surface area contributed by atoms with Gasteiger partial charge in [-0.25, -0.2) is 4.39 Å². The first kappa shape index (κ1) is 12.3. The van der Waals surface area contributed by atoms with E-state index in [4.69, 9.17) is 0 Å². The van der Waals surface area contributed by atoms with E-state index in [1.165, 1.54) is 18.5 Å². The van der Waals surface area contributed by atoms with Crippen molar-refractivity contribution in [3.8, 4) is 0 Å². The molecular weight excluding hydrogens is 252 g/mol. The molecule has 0 saturated heterocycles. The number of carbonyl (C=O) groups excluding carboxylic acids is 1. The molecule has 1 aromatic carbocycles. The smallest absolute Gasteiger partial charge is 0.318 e. The maximum Gasteiger partial charge on any atom is 0.471 e. The minimum Gasteiger partial charge on any atom is -0.318 e. The Kier molecular flexibility index (Phi) is 2.90. The number of alkyl halides is 3. The molecule has 0 fully saturated rings. The van der Waals surface area contributed by atoms with Crippen LogP contribution in [0.15, 0.2) is 30.6 Å². The normalized spacial score (nSPS) is 11.6. The molecule has 0 aliphatic rings. The number of hydrogen-bond donors (Lipinski definition) is 1. The Bertz CT molecular complexity index is 610. The number of halogens is 4. The van der Waals surface area contributed by atoms with E-state index in [9.17, 15) is 22.4 Å². The summed E-state index contributed by atoms with van der Waals surface area (Å²) in [5.74, 6) is -2.90. The molecule has 0 unspecified atom stereocenters. The summed E-state index contributed by atoms with van der Waals surface area (Å²) >= 11 is 0. The fourth-order valence-electron chi connectivity index (χ4n) is 1.47. The Hall–Kier alpha value is -2.18. The Morgan fingerprint density at radius 3 is 2.67 bits per heavy atom. The SMILES string of the molecule is O=C(Nc1cc(F)cc2cnccc12)C(F)(F)F. The summed E-state index contributed by atoms with van der Waals surface area (Å²) < 4.78 is 49.5. The number of nitrogens with one attached hydrogen (secondary N) is 1. The lowest BCUT2D eigenvalue weighted by atomic mass is 10.1. The van der Waals surface area contributed by atoms with Crippen LogP contribution in [0.4, 0.5) is 23.2 Å². The Morgan fingerprint density at radius 2 is 2.00 bits per heavy atom. The number of amides is 1. The summed E-state index contributed by atoms with van der Waals surface area (Å²) in [6.45, 7) is 0. The van der Waals surface area contributed by atoms with Crippen molar-refractivity contribution in [2.24, 2.45) is 0 Å². The molecule has 0 bridgehead atoms. The standard InChI is InChI=1S/C11H6F4N2O/c12-7-3-6-5-16-2-1-8(6)9(4-7)17-10(18)11(13,14)15/h1-5H,(H,17,18). The monoisotopic (exact) mass is 258 g/mol. The minimum atomic E-state index is -5.02.